The van der Waals surface area contributed by atoms with Crippen LogP contribution in [0.3, 0.4) is 0 Å². The van der Waals surface area contributed by atoms with E-state index in [-0.39, 0.29) is 11.1 Å². The van der Waals surface area contributed by atoms with Gasteiger partial charge in [-0.15, -0.1) is 11.3 Å². The van der Waals surface area contributed by atoms with Crippen LogP contribution in [0.4, 0.5) is 0 Å². The van der Waals surface area contributed by atoms with Crippen LogP contribution in [-0.4, -0.2) is 14.8 Å². The number of hydrogen-bond acceptors (Lipinski definition) is 5. The lowest BCUT2D eigenvalue weighted by atomic mass is 9.90. The minimum atomic E-state index is -0.331. The molecule has 3 rings (SSSR count). The average molecular weight is 328 g/mol. The van der Waals surface area contributed by atoms with Gasteiger partial charge >= 0.3 is 0 Å². The van der Waals surface area contributed by atoms with Crippen molar-refractivity contribution in [3.05, 3.63) is 43.3 Å². The number of aromatic nitrogens is 3. The molecule has 2 aromatic heterocycles. The van der Waals surface area contributed by atoms with Crippen molar-refractivity contribution >= 4 is 11.3 Å². The van der Waals surface area contributed by atoms with Gasteiger partial charge in [-0.25, -0.2) is 9.67 Å². The van der Waals surface area contributed by atoms with Crippen LogP contribution in [-0.2, 0) is 6.54 Å². The Kier molecular flexibility index (Phi) is 4.58. The van der Waals surface area contributed by atoms with Crippen LogP contribution in [0, 0.1) is 25.2 Å². The molecule has 0 aromatic carbocycles. The second-order valence-corrected chi connectivity index (χ2v) is 7.06. The second-order valence-electron chi connectivity index (χ2n) is 6.17. The number of nitriles is 1. The predicted octanol–water partition coefficient (Wildman–Crippen LogP) is 3.28. The van der Waals surface area contributed by atoms with Crippen LogP contribution in [0.25, 0.3) is 0 Å². The fraction of sp³-hybridized carbons (Fsp3) is 0.529. The summed E-state index contributed by atoms with van der Waals surface area (Å²) in [5, 5.41) is 16.7. The molecule has 1 aliphatic rings. The van der Waals surface area contributed by atoms with E-state index in [9.17, 15) is 10.1 Å². The Morgan fingerprint density at radius 3 is 2.78 bits per heavy atom. The molecule has 0 aliphatic heterocycles. The first-order chi connectivity index (χ1) is 11.1. The molecule has 2 heterocycles. The van der Waals surface area contributed by atoms with Gasteiger partial charge in [-0.3, -0.25) is 4.79 Å². The summed E-state index contributed by atoms with van der Waals surface area (Å²) in [5.41, 5.74) is 2.08. The van der Waals surface area contributed by atoms with Crippen molar-refractivity contribution in [2.24, 2.45) is 0 Å². The highest BCUT2D eigenvalue weighted by molar-refractivity contribution is 7.09. The predicted molar refractivity (Wildman–Crippen MR) is 89.7 cm³/mol. The van der Waals surface area contributed by atoms with Crippen LogP contribution < -0.4 is 5.56 Å². The highest BCUT2D eigenvalue weighted by Crippen LogP contribution is 2.34. The van der Waals surface area contributed by atoms with Crippen molar-refractivity contribution in [2.45, 2.75) is 58.4 Å². The molecule has 0 unspecified atom stereocenters. The van der Waals surface area contributed by atoms with Crippen molar-refractivity contribution in [3.63, 3.8) is 0 Å². The molecule has 5 nitrogen and oxygen atoms in total. The molecule has 0 N–H and O–H groups in total. The van der Waals surface area contributed by atoms with Crippen molar-refractivity contribution in [1.82, 2.24) is 14.8 Å². The maximum atomic E-state index is 12.3. The monoisotopic (exact) mass is 328 g/mol. The number of hydrogen-bond donors (Lipinski definition) is 0. The van der Waals surface area contributed by atoms with Crippen LogP contribution in [0.5, 0.6) is 0 Å². The first kappa shape index (κ1) is 15.9. The average Bonchev–Trinajstić information content (AvgIpc) is 3.03. The van der Waals surface area contributed by atoms with E-state index in [2.05, 4.69) is 5.10 Å². The van der Waals surface area contributed by atoms with E-state index in [1.165, 1.54) is 41.8 Å². The Bertz CT molecular complexity index is 809. The minimum Gasteiger partial charge on any atom is -0.266 e. The Balaban J connectivity index is 1.86. The fourth-order valence-electron chi connectivity index (χ4n) is 3.10. The molecular weight excluding hydrogens is 308 g/mol. The molecule has 1 aliphatic carbocycles. The van der Waals surface area contributed by atoms with Gasteiger partial charge in [0.25, 0.3) is 5.56 Å². The lowest BCUT2D eigenvalue weighted by molar-refractivity contribution is 0.441. The lowest BCUT2D eigenvalue weighted by Crippen LogP contribution is -2.28. The quantitative estimate of drug-likeness (QED) is 0.867. The Morgan fingerprint density at radius 1 is 1.35 bits per heavy atom. The summed E-state index contributed by atoms with van der Waals surface area (Å²) in [6, 6.07) is 2.00. The van der Waals surface area contributed by atoms with Crippen LogP contribution in [0.15, 0.2) is 10.2 Å². The van der Waals surface area contributed by atoms with Gasteiger partial charge in [-0.2, -0.15) is 10.4 Å². The molecule has 0 saturated heterocycles. The summed E-state index contributed by atoms with van der Waals surface area (Å²) < 4.78 is 1.36. The van der Waals surface area contributed by atoms with E-state index in [0.29, 0.717) is 23.7 Å². The maximum absolute atomic E-state index is 12.3. The molecule has 0 amide bonds. The largest absolute Gasteiger partial charge is 0.285 e. The number of thiazole rings is 1. The summed E-state index contributed by atoms with van der Waals surface area (Å²) in [7, 11) is 0. The van der Waals surface area contributed by atoms with Crippen LogP contribution in [0.2, 0.25) is 0 Å². The van der Waals surface area contributed by atoms with Gasteiger partial charge in [0, 0.05) is 11.3 Å². The van der Waals surface area contributed by atoms with Gasteiger partial charge in [0.15, 0.2) is 0 Å². The van der Waals surface area contributed by atoms with Gasteiger partial charge in [0.1, 0.15) is 11.6 Å². The van der Waals surface area contributed by atoms with Crippen molar-refractivity contribution in [2.75, 3.05) is 0 Å². The van der Waals surface area contributed by atoms with Crippen molar-refractivity contribution < 1.29 is 0 Å². The zero-order valence-corrected chi connectivity index (χ0v) is 14.3. The molecule has 2 aromatic rings. The van der Waals surface area contributed by atoms with Crippen LogP contribution >= 0.6 is 11.3 Å². The van der Waals surface area contributed by atoms with Crippen molar-refractivity contribution in [1.29, 1.82) is 5.26 Å². The summed E-state index contributed by atoms with van der Waals surface area (Å²) >= 11 is 1.68. The summed E-state index contributed by atoms with van der Waals surface area (Å²) in [4.78, 5) is 17.1. The van der Waals surface area contributed by atoms with Gasteiger partial charge in [0.2, 0.25) is 0 Å². The third-order valence-electron chi connectivity index (χ3n) is 4.58. The highest BCUT2D eigenvalue weighted by atomic mass is 32.1. The number of aryl methyl sites for hydroxylation is 1. The van der Waals surface area contributed by atoms with E-state index in [1.807, 2.05) is 18.4 Å². The van der Waals surface area contributed by atoms with E-state index >= 15 is 0 Å². The smallest absolute Gasteiger partial charge is 0.266 e. The standard InChI is InChI=1S/C17H20N4OS/c1-11-12(2)20-21(17(22)15(11)8-18)9-14-10-23-16(19-14)13-6-4-3-5-7-13/h10,13H,3-7,9H2,1-2H3. The summed E-state index contributed by atoms with van der Waals surface area (Å²) in [6.45, 7) is 3.91. The van der Waals surface area contributed by atoms with Crippen molar-refractivity contribution in [3.8, 4) is 6.07 Å². The first-order valence-corrected chi connectivity index (χ1v) is 8.91. The number of rotatable bonds is 3. The maximum Gasteiger partial charge on any atom is 0.285 e. The first-order valence-electron chi connectivity index (χ1n) is 8.03. The highest BCUT2D eigenvalue weighted by Gasteiger charge is 2.19. The SMILES string of the molecule is Cc1nn(Cc2csc(C3CCCCC3)n2)c(=O)c(C#N)c1C. The molecular formula is C17H20N4OS. The Morgan fingerprint density at radius 2 is 2.09 bits per heavy atom. The van der Waals surface area contributed by atoms with E-state index in [0.717, 1.165) is 5.69 Å². The molecule has 23 heavy (non-hydrogen) atoms. The molecule has 0 spiro atoms. The van der Waals surface area contributed by atoms with Gasteiger partial charge < -0.3 is 0 Å². The molecule has 0 bridgehead atoms. The molecule has 6 heteroatoms. The Hall–Kier alpha value is -2.00. The summed E-state index contributed by atoms with van der Waals surface area (Å²) in [5.74, 6) is 0.571. The van der Waals surface area contributed by atoms with E-state index in [1.54, 1.807) is 18.3 Å². The zero-order chi connectivity index (χ0) is 16.4. The zero-order valence-electron chi connectivity index (χ0n) is 13.5. The molecule has 1 saturated carbocycles. The molecule has 0 radical (unpaired) electrons. The topological polar surface area (TPSA) is 71.6 Å². The molecule has 120 valence electrons. The fourth-order valence-corrected chi connectivity index (χ4v) is 4.08. The molecule has 1 fully saturated rings. The third-order valence-corrected chi connectivity index (χ3v) is 5.64. The number of nitrogens with zero attached hydrogens (tertiary/aromatic N) is 4. The van der Waals surface area contributed by atoms with Gasteiger partial charge in [0.05, 0.1) is 22.9 Å². The molecule has 0 atom stereocenters. The second kappa shape index (κ2) is 6.63. The van der Waals surface area contributed by atoms with E-state index < -0.39 is 0 Å². The summed E-state index contributed by atoms with van der Waals surface area (Å²) in [6.07, 6.45) is 6.32. The Labute approximate surface area is 139 Å². The minimum absolute atomic E-state index is 0.181. The normalized spacial score (nSPS) is 15.5. The lowest BCUT2D eigenvalue weighted by Gasteiger charge is -2.18. The van der Waals surface area contributed by atoms with Gasteiger partial charge in [-0.1, -0.05) is 19.3 Å². The van der Waals surface area contributed by atoms with Crippen LogP contribution in [0.1, 0.15) is 65.5 Å². The van der Waals surface area contributed by atoms with E-state index in [4.69, 9.17) is 4.98 Å². The van der Waals surface area contributed by atoms with Gasteiger partial charge in [-0.05, 0) is 32.3 Å². The third kappa shape index (κ3) is 3.20.